The first-order valence-corrected chi connectivity index (χ1v) is 6.28. The number of hydrogen-bond donors (Lipinski definition) is 0. The molecule has 0 atom stereocenters. The lowest BCUT2D eigenvalue weighted by Gasteiger charge is -2.14. The first kappa shape index (κ1) is 13.1. The molecule has 0 spiro atoms. The predicted molar refractivity (Wildman–Crippen MR) is 78.4 cm³/mol. The molecule has 0 unspecified atom stereocenters. The van der Waals surface area contributed by atoms with Gasteiger partial charge in [-0.3, -0.25) is 4.79 Å². The van der Waals surface area contributed by atoms with Gasteiger partial charge >= 0.3 is 0 Å². The van der Waals surface area contributed by atoms with Crippen molar-refractivity contribution >= 4 is 12.0 Å². The number of carbonyl (C=O) groups is 1. The lowest BCUT2D eigenvalue weighted by atomic mass is 10.2. The van der Waals surface area contributed by atoms with E-state index in [1.165, 1.54) is 0 Å². The highest BCUT2D eigenvalue weighted by Crippen LogP contribution is 2.05. The van der Waals surface area contributed by atoms with Crippen molar-refractivity contribution in [3.8, 4) is 0 Å². The molecule has 0 aliphatic heterocycles. The molecule has 0 aliphatic carbocycles. The molecule has 0 fully saturated rings. The maximum atomic E-state index is 12.0. The van der Waals surface area contributed by atoms with Crippen molar-refractivity contribution < 1.29 is 4.79 Å². The molecule has 2 nitrogen and oxygen atoms in total. The zero-order chi connectivity index (χ0) is 13.5. The maximum absolute atomic E-state index is 12.0. The molecule has 2 heteroatoms. The number of benzene rings is 2. The van der Waals surface area contributed by atoms with Gasteiger partial charge in [0.05, 0.1) is 0 Å². The Hall–Kier alpha value is -2.35. The van der Waals surface area contributed by atoms with Gasteiger partial charge in [0.1, 0.15) is 0 Å². The van der Waals surface area contributed by atoms with Gasteiger partial charge in [-0.15, -0.1) is 0 Å². The van der Waals surface area contributed by atoms with Crippen molar-refractivity contribution in [3.63, 3.8) is 0 Å². The monoisotopic (exact) mass is 251 g/mol. The minimum Gasteiger partial charge on any atom is -0.338 e. The Morgan fingerprint density at radius 2 is 1.58 bits per heavy atom. The molecule has 0 N–H and O–H groups in total. The van der Waals surface area contributed by atoms with Crippen molar-refractivity contribution in [2.75, 3.05) is 7.05 Å². The van der Waals surface area contributed by atoms with Gasteiger partial charge in [0, 0.05) is 19.7 Å². The second kappa shape index (κ2) is 6.55. The van der Waals surface area contributed by atoms with E-state index in [-0.39, 0.29) is 5.91 Å². The summed E-state index contributed by atoms with van der Waals surface area (Å²) in [7, 11) is 1.81. The van der Waals surface area contributed by atoms with E-state index in [1.807, 2.05) is 73.8 Å². The van der Waals surface area contributed by atoms with Crippen LogP contribution in [-0.4, -0.2) is 17.9 Å². The highest BCUT2D eigenvalue weighted by Gasteiger charge is 2.04. The zero-order valence-corrected chi connectivity index (χ0v) is 11.0. The summed E-state index contributed by atoms with van der Waals surface area (Å²) in [5.41, 5.74) is 2.16. The van der Waals surface area contributed by atoms with E-state index in [0.29, 0.717) is 6.54 Å². The fourth-order valence-corrected chi connectivity index (χ4v) is 1.79. The summed E-state index contributed by atoms with van der Waals surface area (Å²) in [4.78, 5) is 13.7. The number of rotatable bonds is 4. The highest BCUT2D eigenvalue weighted by atomic mass is 16.2. The lowest BCUT2D eigenvalue weighted by molar-refractivity contribution is -0.125. The van der Waals surface area contributed by atoms with Crippen LogP contribution in [-0.2, 0) is 11.3 Å². The van der Waals surface area contributed by atoms with Crippen LogP contribution >= 0.6 is 0 Å². The van der Waals surface area contributed by atoms with Crippen LogP contribution < -0.4 is 0 Å². The largest absolute Gasteiger partial charge is 0.338 e. The van der Waals surface area contributed by atoms with Gasteiger partial charge < -0.3 is 4.90 Å². The number of hydrogen-bond acceptors (Lipinski definition) is 1. The third-order valence-electron chi connectivity index (χ3n) is 2.86. The van der Waals surface area contributed by atoms with E-state index < -0.39 is 0 Å². The van der Waals surface area contributed by atoms with Crippen LogP contribution in [0.15, 0.2) is 66.7 Å². The highest BCUT2D eigenvalue weighted by molar-refractivity contribution is 5.91. The average Bonchev–Trinajstić information content (AvgIpc) is 2.47. The Labute approximate surface area is 114 Å². The van der Waals surface area contributed by atoms with Crippen LogP contribution in [0.4, 0.5) is 0 Å². The molecule has 0 aromatic heterocycles. The quantitative estimate of drug-likeness (QED) is 0.763. The van der Waals surface area contributed by atoms with E-state index >= 15 is 0 Å². The molecule has 19 heavy (non-hydrogen) atoms. The summed E-state index contributed by atoms with van der Waals surface area (Å²) in [6, 6.07) is 19.8. The summed E-state index contributed by atoms with van der Waals surface area (Å²) in [6.45, 7) is 0.624. The second-order valence-electron chi connectivity index (χ2n) is 4.42. The summed E-state index contributed by atoms with van der Waals surface area (Å²) in [5.74, 6) is 0.00714. The Morgan fingerprint density at radius 3 is 2.21 bits per heavy atom. The maximum Gasteiger partial charge on any atom is 0.246 e. The Bertz CT molecular complexity index is 546. The number of carbonyl (C=O) groups excluding carboxylic acids is 1. The molecule has 0 saturated heterocycles. The molecule has 0 saturated carbocycles. The minimum absolute atomic E-state index is 0.00714. The molecule has 1 amide bonds. The molecule has 0 bridgehead atoms. The Balaban J connectivity index is 1.95. The van der Waals surface area contributed by atoms with Gasteiger partial charge in [0.2, 0.25) is 5.91 Å². The van der Waals surface area contributed by atoms with Crippen LogP contribution in [0.2, 0.25) is 0 Å². The molecular weight excluding hydrogens is 234 g/mol. The van der Waals surface area contributed by atoms with Gasteiger partial charge in [-0.1, -0.05) is 60.7 Å². The van der Waals surface area contributed by atoms with Gasteiger partial charge in [0.15, 0.2) is 0 Å². The third kappa shape index (κ3) is 4.11. The van der Waals surface area contributed by atoms with E-state index in [0.717, 1.165) is 11.1 Å². The first-order chi connectivity index (χ1) is 9.25. The van der Waals surface area contributed by atoms with E-state index in [2.05, 4.69) is 0 Å². The Morgan fingerprint density at radius 1 is 1.00 bits per heavy atom. The van der Waals surface area contributed by atoms with Crippen molar-refractivity contribution in [1.82, 2.24) is 4.90 Å². The van der Waals surface area contributed by atoms with Crippen molar-refractivity contribution in [1.29, 1.82) is 0 Å². The molecular formula is C17H17NO. The molecule has 2 aromatic carbocycles. The predicted octanol–water partition coefficient (Wildman–Crippen LogP) is 3.36. The number of likely N-dealkylation sites (N-methyl/N-ethyl adjacent to an activating group) is 1. The fourth-order valence-electron chi connectivity index (χ4n) is 1.79. The lowest BCUT2D eigenvalue weighted by Crippen LogP contribution is -2.23. The smallest absolute Gasteiger partial charge is 0.246 e. The molecule has 0 radical (unpaired) electrons. The van der Waals surface area contributed by atoms with Crippen LogP contribution in [0.25, 0.3) is 6.08 Å². The van der Waals surface area contributed by atoms with Crippen molar-refractivity contribution in [3.05, 3.63) is 77.9 Å². The summed E-state index contributed by atoms with van der Waals surface area (Å²) >= 11 is 0. The van der Waals surface area contributed by atoms with Gasteiger partial charge in [-0.2, -0.15) is 0 Å². The molecule has 2 rings (SSSR count). The third-order valence-corrected chi connectivity index (χ3v) is 2.86. The summed E-state index contributed by atoms with van der Waals surface area (Å²) in [6.07, 6.45) is 3.45. The summed E-state index contributed by atoms with van der Waals surface area (Å²) < 4.78 is 0. The average molecular weight is 251 g/mol. The van der Waals surface area contributed by atoms with E-state index in [9.17, 15) is 4.79 Å². The fraction of sp³-hybridized carbons (Fsp3) is 0.118. The molecule has 2 aromatic rings. The van der Waals surface area contributed by atoms with Crippen LogP contribution in [0, 0.1) is 0 Å². The first-order valence-electron chi connectivity index (χ1n) is 6.28. The molecule has 96 valence electrons. The van der Waals surface area contributed by atoms with Crippen LogP contribution in [0.3, 0.4) is 0 Å². The van der Waals surface area contributed by atoms with Crippen molar-refractivity contribution in [2.24, 2.45) is 0 Å². The van der Waals surface area contributed by atoms with Crippen LogP contribution in [0.1, 0.15) is 11.1 Å². The molecule has 0 heterocycles. The Kier molecular flexibility index (Phi) is 4.51. The van der Waals surface area contributed by atoms with Crippen molar-refractivity contribution in [2.45, 2.75) is 6.54 Å². The van der Waals surface area contributed by atoms with Crippen LogP contribution in [0.5, 0.6) is 0 Å². The topological polar surface area (TPSA) is 20.3 Å². The minimum atomic E-state index is 0.00714. The SMILES string of the molecule is CN(Cc1ccccc1)C(=O)/C=C\c1ccccc1. The number of amides is 1. The summed E-state index contributed by atoms with van der Waals surface area (Å²) in [5, 5.41) is 0. The number of nitrogens with zero attached hydrogens (tertiary/aromatic N) is 1. The van der Waals surface area contributed by atoms with E-state index in [4.69, 9.17) is 0 Å². The second-order valence-corrected chi connectivity index (χ2v) is 4.42. The van der Waals surface area contributed by atoms with Gasteiger partial charge in [-0.25, -0.2) is 0 Å². The zero-order valence-electron chi connectivity index (χ0n) is 11.0. The standard InChI is InChI=1S/C17H17NO/c1-18(14-16-10-6-3-7-11-16)17(19)13-12-15-8-4-2-5-9-15/h2-13H,14H2,1H3/b13-12-. The van der Waals surface area contributed by atoms with Gasteiger partial charge in [0.25, 0.3) is 0 Å². The van der Waals surface area contributed by atoms with Gasteiger partial charge in [-0.05, 0) is 17.2 Å². The molecule has 0 aliphatic rings. The van der Waals surface area contributed by atoms with E-state index in [1.54, 1.807) is 11.0 Å². The normalized spacial score (nSPS) is 10.6.